The Morgan fingerprint density at radius 2 is 1.83 bits per heavy atom. The molecule has 130 valence electrons. The minimum absolute atomic E-state index is 0.196. The number of esters is 2. The molecule has 5 nitrogen and oxygen atoms in total. The summed E-state index contributed by atoms with van der Waals surface area (Å²) in [6, 6.07) is 0. The van der Waals surface area contributed by atoms with E-state index in [1.54, 1.807) is 39.8 Å². The summed E-state index contributed by atoms with van der Waals surface area (Å²) in [4.78, 5) is 24.4. The van der Waals surface area contributed by atoms with Crippen molar-refractivity contribution in [1.29, 1.82) is 0 Å². The molecule has 0 radical (unpaired) electrons. The van der Waals surface area contributed by atoms with Gasteiger partial charge in [-0.15, -0.1) is 11.6 Å². The third-order valence-corrected chi connectivity index (χ3v) is 3.54. The van der Waals surface area contributed by atoms with Gasteiger partial charge in [0.15, 0.2) is 5.54 Å². The van der Waals surface area contributed by atoms with Crippen LogP contribution in [0.15, 0.2) is 23.9 Å². The van der Waals surface area contributed by atoms with Crippen molar-refractivity contribution >= 4 is 23.5 Å². The molecule has 0 aromatic rings. The molecule has 1 heterocycles. The van der Waals surface area contributed by atoms with E-state index in [0.717, 1.165) is 12.8 Å². The standard InChI is InChI=1S/C17H26ClNO4/c1-12(2)22-15(20)14-7-9-17(19-11-14,8-5-6-10-18)16(21)23-13(3)4/h7,9,11-13,19H,5-6,8,10H2,1-4H3/t17-/m0/s1. The predicted molar refractivity (Wildman–Crippen MR) is 90.1 cm³/mol. The molecule has 6 heteroatoms. The van der Waals surface area contributed by atoms with Crippen LogP contribution < -0.4 is 5.32 Å². The molecule has 0 aromatic heterocycles. The van der Waals surface area contributed by atoms with Gasteiger partial charge >= 0.3 is 11.9 Å². The van der Waals surface area contributed by atoms with Gasteiger partial charge in [0.2, 0.25) is 0 Å². The molecule has 0 fully saturated rings. The topological polar surface area (TPSA) is 64.6 Å². The SMILES string of the molecule is CC(C)OC(=O)C1=CN[C@](CCCCCl)(C(=O)OC(C)C)C=C1. The zero-order valence-corrected chi connectivity index (χ0v) is 15.0. The molecule has 23 heavy (non-hydrogen) atoms. The van der Waals surface area contributed by atoms with Crippen molar-refractivity contribution in [3.05, 3.63) is 23.9 Å². The van der Waals surface area contributed by atoms with Gasteiger partial charge in [-0.25, -0.2) is 9.59 Å². The number of hydrogen-bond acceptors (Lipinski definition) is 5. The Hall–Kier alpha value is -1.49. The molecule has 0 saturated heterocycles. The first-order chi connectivity index (χ1) is 10.8. The van der Waals surface area contributed by atoms with Gasteiger partial charge in [0.25, 0.3) is 0 Å². The summed E-state index contributed by atoms with van der Waals surface area (Å²) in [7, 11) is 0. The molecule has 1 N–H and O–H groups in total. The maximum atomic E-state index is 12.5. The highest BCUT2D eigenvalue weighted by Crippen LogP contribution is 2.24. The number of ether oxygens (including phenoxy) is 2. The molecule has 0 saturated carbocycles. The lowest BCUT2D eigenvalue weighted by Crippen LogP contribution is -2.51. The smallest absolute Gasteiger partial charge is 0.339 e. The number of nitrogens with one attached hydrogen (secondary N) is 1. The lowest BCUT2D eigenvalue weighted by Gasteiger charge is -2.32. The Kier molecular flexibility index (Phi) is 7.62. The second-order valence-corrected chi connectivity index (χ2v) is 6.48. The van der Waals surface area contributed by atoms with E-state index in [2.05, 4.69) is 5.32 Å². The normalized spacial score (nSPS) is 20.2. The summed E-state index contributed by atoms with van der Waals surface area (Å²) >= 11 is 5.71. The Morgan fingerprint density at radius 3 is 2.30 bits per heavy atom. The van der Waals surface area contributed by atoms with Crippen molar-refractivity contribution in [2.75, 3.05) is 5.88 Å². The zero-order valence-electron chi connectivity index (χ0n) is 14.2. The fourth-order valence-electron chi connectivity index (χ4n) is 2.15. The molecule has 0 spiro atoms. The lowest BCUT2D eigenvalue weighted by molar-refractivity contribution is -0.153. The molecular formula is C17H26ClNO4. The third-order valence-electron chi connectivity index (χ3n) is 3.27. The van der Waals surface area contributed by atoms with Crippen LogP contribution in [0.3, 0.4) is 0 Å². The van der Waals surface area contributed by atoms with Crippen LogP contribution in [0.4, 0.5) is 0 Å². The maximum Gasteiger partial charge on any atom is 0.339 e. The van der Waals surface area contributed by atoms with Gasteiger partial charge in [-0.3, -0.25) is 0 Å². The van der Waals surface area contributed by atoms with Crippen LogP contribution in [0, 0.1) is 0 Å². The van der Waals surface area contributed by atoms with E-state index in [-0.39, 0.29) is 18.2 Å². The third kappa shape index (κ3) is 5.90. The van der Waals surface area contributed by atoms with Crippen LogP contribution in [0.5, 0.6) is 0 Å². The second-order valence-electron chi connectivity index (χ2n) is 6.10. The summed E-state index contributed by atoms with van der Waals surface area (Å²) in [5.74, 6) is -0.234. The number of halogens is 1. The molecule has 0 amide bonds. The van der Waals surface area contributed by atoms with E-state index >= 15 is 0 Å². The van der Waals surface area contributed by atoms with Crippen molar-refractivity contribution in [2.24, 2.45) is 0 Å². The molecule has 0 aliphatic carbocycles. The summed E-state index contributed by atoms with van der Waals surface area (Å²) in [6.45, 7) is 7.18. The molecule has 0 unspecified atom stereocenters. The summed E-state index contributed by atoms with van der Waals surface area (Å²) < 4.78 is 10.5. The van der Waals surface area contributed by atoms with Crippen LogP contribution in [0.25, 0.3) is 0 Å². The van der Waals surface area contributed by atoms with Gasteiger partial charge in [0.05, 0.1) is 17.8 Å². The largest absolute Gasteiger partial charge is 0.461 e. The molecule has 1 atom stereocenters. The molecule has 0 bridgehead atoms. The second kappa shape index (κ2) is 8.96. The first-order valence-corrected chi connectivity index (χ1v) is 8.49. The average molecular weight is 344 g/mol. The maximum absolute atomic E-state index is 12.5. The van der Waals surface area contributed by atoms with E-state index in [9.17, 15) is 9.59 Å². The molecule has 1 aliphatic rings. The highest BCUT2D eigenvalue weighted by Gasteiger charge is 2.38. The van der Waals surface area contributed by atoms with Gasteiger partial charge in [0, 0.05) is 12.1 Å². The Morgan fingerprint density at radius 1 is 1.17 bits per heavy atom. The van der Waals surface area contributed by atoms with Crippen LogP contribution in [0.1, 0.15) is 47.0 Å². The van der Waals surface area contributed by atoms with Crippen molar-refractivity contribution in [3.8, 4) is 0 Å². The van der Waals surface area contributed by atoms with Gasteiger partial charge in [-0.1, -0.05) is 0 Å². The first-order valence-electron chi connectivity index (χ1n) is 7.96. The molecule has 1 rings (SSSR count). The van der Waals surface area contributed by atoms with E-state index in [0.29, 0.717) is 17.9 Å². The summed E-state index contributed by atoms with van der Waals surface area (Å²) in [5, 5.41) is 3.03. The highest BCUT2D eigenvalue weighted by atomic mass is 35.5. The highest BCUT2D eigenvalue weighted by molar-refractivity contribution is 6.17. The number of alkyl halides is 1. The van der Waals surface area contributed by atoms with E-state index in [1.165, 1.54) is 6.20 Å². The van der Waals surface area contributed by atoms with E-state index in [4.69, 9.17) is 21.1 Å². The first kappa shape index (κ1) is 19.6. The predicted octanol–water partition coefficient (Wildman–Crippen LogP) is 3.08. The average Bonchev–Trinajstić information content (AvgIpc) is 2.46. The van der Waals surface area contributed by atoms with E-state index < -0.39 is 11.5 Å². The molecule has 1 aliphatic heterocycles. The Bertz CT molecular complexity index is 485. The number of carbonyl (C=O) groups is 2. The number of rotatable bonds is 8. The number of dihydropyridines is 1. The van der Waals surface area contributed by atoms with Gasteiger partial charge in [0.1, 0.15) is 0 Å². The van der Waals surface area contributed by atoms with Crippen molar-refractivity contribution in [3.63, 3.8) is 0 Å². The van der Waals surface area contributed by atoms with E-state index in [1.807, 2.05) is 0 Å². The van der Waals surface area contributed by atoms with Crippen LogP contribution >= 0.6 is 11.6 Å². The van der Waals surface area contributed by atoms with Crippen molar-refractivity contribution < 1.29 is 19.1 Å². The molecular weight excluding hydrogens is 318 g/mol. The van der Waals surface area contributed by atoms with Crippen molar-refractivity contribution in [1.82, 2.24) is 5.32 Å². The number of carbonyl (C=O) groups excluding carboxylic acids is 2. The van der Waals surface area contributed by atoms with Crippen LogP contribution in [0.2, 0.25) is 0 Å². The molecule has 0 aromatic carbocycles. The van der Waals surface area contributed by atoms with Crippen LogP contribution in [-0.4, -0.2) is 35.6 Å². The van der Waals surface area contributed by atoms with Crippen molar-refractivity contribution in [2.45, 2.75) is 64.7 Å². The minimum atomic E-state index is -0.960. The number of hydrogen-bond donors (Lipinski definition) is 1. The van der Waals surface area contributed by atoms with Gasteiger partial charge in [-0.05, 0) is 59.1 Å². The fourth-order valence-corrected chi connectivity index (χ4v) is 2.33. The summed E-state index contributed by atoms with van der Waals surface area (Å²) in [6.07, 6.45) is 6.54. The fraction of sp³-hybridized carbons (Fsp3) is 0.647. The van der Waals surface area contributed by atoms with Gasteiger partial charge in [-0.2, -0.15) is 0 Å². The Balaban J connectivity index is 2.85. The Labute approximate surface area is 143 Å². The minimum Gasteiger partial charge on any atom is -0.461 e. The zero-order chi connectivity index (χ0) is 17.5. The van der Waals surface area contributed by atoms with Crippen LogP contribution in [-0.2, 0) is 19.1 Å². The monoisotopic (exact) mass is 343 g/mol. The lowest BCUT2D eigenvalue weighted by atomic mass is 9.89. The number of unbranched alkanes of at least 4 members (excludes halogenated alkanes) is 1. The quantitative estimate of drug-likeness (QED) is 0.417. The summed E-state index contributed by atoms with van der Waals surface area (Å²) in [5.41, 5.74) is -0.582. The van der Waals surface area contributed by atoms with Gasteiger partial charge < -0.3 is 14.8 Å².